The minimum atomic E-state index is -0.523. The Morgan fingerprint density at radius 3 is 2.48 bits per heavy atom. The maximum atomic E-state index is 12.5. The topological polar surface area (TPSA) is 59.3 Å². The van der Waals surface area contributed by atoms with Crippen LogP contribution in [-0.4, -0.2) is 16.0 Å². The predicted molar refractivity (Wildman–Crippen MR) is 81.3 cm³/mol. The average Bonchev–Trinajstić information content (AvgIpc) is 2.50. The van der Waals surface area contributed by atoms with Gasteiger partial charge < -0.3 is 5.11 Å². The Labute approximate surface area is 120 Å². The summed E-state index contributed by atoms with van der Waals surface area (Å²) >= 11 is 0. The molecular formula is C17H13NO3. The molecule has 104 valence electrons. The van der Waals surface area contributed by atoms with Gasteiger partial charge in [-0.2, -0.15) is 0 Å². The normalized spacial score (nSPS) is 10.7. The van der Waals surface area contributed by atoms with Crippen LogP contribution in [0.1, 0.15) is 15.9 Å². The highest BCUT2D eigenvalue weighted by Crippen LogP contribution is 2.28. The molecule has 0 amide bonds. The fraction of sp³-hybridized carbons (Fsp3) is 0.0588. The van der Waals surface area contributed by atoms with E-state index < -0.39 is 5.56 Å². The lowest BCUT2D eigenvalue weighted by Gasteiger charge is -2.13. The Morgan fingerprint density at radius 2 is 1.81 bits per heavy atom. The molecule has 0 fully saturated rings. The van der Waals surface area contributed by atoms with Gasteiger partial charge in [-0.3, -0.25) is 14.2 Å². The number of rotatable bonds is 2. The molecule has 0 aliphatic heterocycles. The van der Waals surface area contributed by atoms with Crippen molar-refractivity contribution in [2.45, 2.75) is 6.92 Å². The van der Waals surface area contributed by atoms with Gasteiger partial charge in [-0.15, -0.1) is 0 Å². The van der Waals surface area contributed by atoms with Crippen LogP contribution in [0, 0.1) is 6.92 Å². The molecule has 0 unspecified atom stereocenters. The fourth-order valence-electron chi connectivity index (χ4n) is 2.45. The number of benzene rings is 2. The third-order valence-corrected chi connectivity index (χ3v) is 3.47. The summed E-state index contributed by atoms with van der Waals surface area (Å²) in [7, 11) is 0. The van der Waals surface area contributed by atoms with Crippen molar-refractivity contribution in [3.8, 4) is 11.4 Å². The number of aromatic hydroxyl groups is 1. The van der Waals surface area contributed by atoms with E-state index in [1.165, 1.54) is 4.57 Å². The van der Waals surface area contributed by atoms with E-state index in [0.717, 1.165) is 5.56 Å². The smallest absolute Gasteiger partial charge is 0.269 e. The van der Waals surface area contributed by atoms with Crippen LogP contribution in [0.25, 0.3) is 16.6 Å². The Morgan fingerprint density at radius 1 is 1.10 bits per heavy atom. The summed E-state index contributed by atoms with van der Waals surface area (Å²) in [6.07, 6.45) is 0.402. The molecule has 0 saturated carbocycles. The number of aryl methyl sites for hydroxylation is 1. The van der Waals surface area contributed by atoms with Crippen molar-refractivity contribution < 1.29 is 9.90 Å². The van der Waals surface area contributed by atoms with Crippen molar-refractivity contribution in [2.24, 2.45) is 0 Å². The minimum absolute atomic E-state index is 0.225. The third kappa shape index (κ3) is 2.01. The summed E-state index contributed by atoms with van der Waals surface area (Å²) in [4.78, 5) is 23.7. The highest BCUT2D eigenvalue weighted by atomic mass is 16.3. The lowest BCUT2D eigenvalue weighted by Crippen LogP contribution is -2.22. The number of aldehydes is 1. The van der Waals surface area contributed by atoms with Crippen molar-refractivity contribution in [1.29, 1.82) is 0 Å². The number of hydrogen-bond acceptors (Lipinski definition) is 3. The molecule has 3 rings (SSSR count). The molecule has 3 aromatic rings. The van der Waals surface area contributed by atoms with E-state index in [1.54, 1.807) is 24.3 Å². The Hall–Kier alpha value is -2.88. The van der Waals surface area contributed by atoms with Crippen LogP contribution < -0.4 is 5.56 Å². The van der Waals surface area contributed by atoms with Gasteiger partial charge in [0.25, 0.3) is 5.56 Å². The number of nitrogens with zero attached hydrogens (tertiary/aromatic N) is 1. The van der Waals surface area contributed by atoms with Crippen LogP contribution >= 0.6 is 0 Å². The summed E-state index contributed by atoms with van der Waals surface area (Å²) < 4.78 is 1.44. The van der Waals surface area contributed by atoms with E-state index >= 15 is 0 Å². The van der Waals surface area contributed by atoms with Gasteiger partial charge >= 0.3 is 0 Å². The second-order valence-electron chi connectivity index (χ2n) is 4.88. The first-order chi connectivity index (χ1) is 10.1. The second kappa shape index (κ2) is 4.90. The van der Waals surface area contributed by atoms with Gasteiger partial charge in [0, 0.05) is 11.1 Å². The Balaban J connectivity index is 2.54. The standard InChI is InChI=1S/C17H13NO3/c1-11-7-8-15-13(9-11)16(20)14(10-19)17(21)18(15)12-5-3-2-4-6-12/h2-10,20H,1H3. The average molecular weight is 279 g/mol. The number of para-hydroxylation sites is 1. The molecule has 1 aromatic heterocycles. The fourth-order valence-corrected chi connectivity index (χ4v) is 2.45. The third-order valence-electron chi connectivity index (χ3n) is 3.47. The monoisotopic (exact) mass is 279 g/mol. The molecule has 4 heteroatoms. The van der Waals surface area contributed by atoms with Crippen molar-refractivity contribution >= 4 is 17.2 Å². The van der Waals surface area contributed by atoms with Crippen LogP contribution in [-0.2, 0) is 0 Å². The number of pyridine rings is 1. The molecule has 0 aliphatic carbocycles. The van der Waals surface area contributed by atoms with E-state index in [1.807, 2.05) is 31.2 Å². The molecule has 0 bridgehead atoms. The van der Waals surface area contributed by atoms with Crippen molar-refractivity contribution in [2.75, 3.05) is 0 Å². The summed E-state index contributed by atoms with van der Waals surface area (Å²) in [6, 6.07) is 14.4. The molecule has 0 atom stereocenters. The maximum Gasteiger partial charge on any atom is 0.269 e. The maximum absolute atomic E-state index is 12.5. The lowest BCUT2D eigenvalue weighted by molar-refractivity contribution is 0.111. The van der Waals surface area contributed by atoms with E-state index in [-0.39, 0.29) is 11.3 Å². The zero-order valence-corrected chi connectivity index (χ0v) is 11.4. The van der Waals surface area contributed by atoms with Gasteiger partial charge in [-0.1, -0.05) is 29.8 Å². The van der Waals surface area contributed by atoms with Crippen LogP contribution in [0.5, 0.6) is 5.75 Å². The van der Waals surface area contributed by atoms with E-state index in [2.05, 4.69) is 0 Å². The van der Waals surface area contributed by atoms with Crippen LogP contribution in [0.15, 0.2) is 53.3 Å². The molecule has 1 N–H and O–H groups in total. The summed E-state index contributed by atoms with van der Waals surface area (Å²) in [5, 5.41) is 10.7. The molecule has 0 saturated heterocycles. The molecule has 21 heavy (non-hydrogen) atoms. The molecule has 0 radical (unpaired) electrons. The van der Waals surface area contributed by atoms with Crippen molar-refractivity contribution in [3.63, 3.8) is 0 Å². The number of carbonyl (C=O) groups is 1. The molecular weight excluding hydrogens is 266 g/mol. The Kier molecular flexibility index (Phi) is 3.06. The molecule has 1 heterocycles. The van der Waals surface area contributed by atoms with Gasteiger partial charge in [0.15, 0.2) is 6.29 Å². The van der Waals surface area contributed by atoms with Crippen LogP contribution in [0.4, 0.5) is 0 Å². The summed E-state index contributed by atoms with van der Waals surface area (Å²) in [5.41, 5.74) is 1.41. The van der Waals surface area contributed by atoms with Crippen molar-refractivity contribution in [3.05, 3.63) is 70.0 Å². The first-order valence-electron chi connectivity index (χ1n) is 6.52. The molecule has 0 spiro atoms. The van der Waals surface area contributed by atoms with Gasteiger partial charge in [0.2, 0.25) is 0 Å². The Bertz CT molecular complexity index is 895. The highest BCUT2D eigenvalue weighted by molar-refractivity contribution is 5.94. The number of carbonyl (C=O) groups excluding carboxylic acids is 1. The van der Waals surface area contributed by atoms with Gasteiger partial charge in [0.05, 0.1) is 5.52 Å². The summed E-state index contributed by atoms with van der Waals surface area (Å²) in [5.74, 6) is -0.263. The first-order valence-corrected chi connectivity index (χ1v) is 6.52. The van der Waals surface area contributed by atoms with Gasteiger partial charge in [-0.25, -0.2) is 0 Å². The predicted octanol–water partition coefficient (Wildman–Crippen LogP) is 2.82. The second-order valence-corrected chi connectivity index (χ2v) is 4.88. The zero-order chi connectivity index (χ0) is 15.0. The van der Waals surface area contributed by atoms with Crippen molar-refractivity contribution in [1.82, 2.24) is 4.57 Å². The van der Waals surface area contributed by atoms with E-state index in [4.69, 9.17) is 0 Å². The van der Waals surface area contributed by atoms with Crippen LogP contribution in [0.2, 0.25) is 0 Å². The molecule has 4 nitrogen and oxygen atoms in total. The van der Waals surface area contributed by atoms with E-state index in [0.29, 0.717) is 22.9 Å². The zero-order valence-electron chi connectivity index (χ0n) is 11.4. The number of aromatic nitrogens is 1. The largest absolute Gasteiger partial charge is 0.506 e. The SMILES string of the molecule is Cc1ccc2c(c1)c(O)c(C=O)c(=O)n2-c1ccccc1. The lowest BCUT2D eigenvalue weighted by atomic mass is 10.1. The van der Waals surface area contributed by atoms with E-state index in [9.17, 15) is 14.7 Å². The first kappa shape index (κ1) is 13.1. The quantitative estimate of drug-likeness (QED) is 0.734. The molecule has 0 aliphatic rings. The molecule has 2 aromatic carbocycles. The number of fused-ring (bicyclic) bond motifs is 1. The highest BCUT2D eigenvalue weighted by Gasteiger charge is 2.16. The summed E-state index contributed by atoms with van der Waals surface area (Å²) in [6.45, 7) is 1.89. The minimum Gasteiger partial charge on any atom is -0.506 e. The van der Waals surface area contributed by atoms with Crippen LogP contribution in [0.3, 0.4) is 0 Å². The number of hydrogen-bond donors (Lipinski definition) is 1. The van der Waals surface area contributed by atoms with Gasteiger partial charge in [-0.05, 0) is 31.2 Å². The van der Waals surface area contributed by atoms with Gasteiger partial charge in [0.1, 0.15) is 11.3 Å².